The van der Waals surface area contributed by atoms with Crippen molar-refractivity contribution in [1.29, 1.82) is 0 Å². The molecule has 0 saturated carbocycles. The lowest BCUT2D eigenvalue weighted by Crippen LogP contribution is -2.47. The normalized spacial score (nSPS) is 18.3. The van der Waals surface area contributed by atoms with Gasteiger partial charge in [0.2, 0.25) is 0 Å². The number of hydrogen-bond donors (Lipinski definition) is 1. The third-order valence-corrected chi connectivity index (χ3v) is 12.3. The molecule has 4 atom stereocenters. The van der Waals surface area contributed by atoms with E-state index in [0.717, 1.165) is 33.4 Å². The molecule has 1 aliphatic heterocycles. The summed E-state index contributed by atoms with van der Waals surface area (Å²) < 4.78 is 40.4. The summed E-state index contributed by atoms with van der Waals surface area (Å²) >= 11 is 0. The number of esters is 1. The van der Waals surface area contributed by atoms with Crippen molar-refractivity contribution in [2.24, 2.45) is 0 Å². The molecule has 1 aliphatic rings. The van der Waals surface area contributed by atoms with Crippen molar-refractivity contribution in [2.45, 2.75) is 56.2 Å². The number of benzene rings is 6. The Balaban J connectivity index is 1.20. The van der Waals surface area contributed by atoms with Gasteiger partial charge >= 0.3 is 5.97 Å². The Morgan fingerprint density at radius 1 is 0.697 bits per heavy atom. The molecule has 0 bridgehead atoms. The van der Waals surface area contributed by atoms with Crippen LogP contribution in [0.2, 0.25) is 0 Å². The summed E-state index contributed by atoms with van der Waals surface area (Å²) in [6.07, 6.45) is -0.605. The van der Waals surface area contributed by atoms with Crippen molar-refractivity contribution in [3.05, 3.63) is 233 Å². The maximum Gasteiger partial charge on any atom is 0.340 e. The number of ether oxygens (including phenoxy) is 6. The number of nitrogens with zero attached hydrogens (tertiary/aromatic N) is 3. The SMILES string of the molecule is COC(=O)c1cc([C@@H]2O[C@H](COCc3ccccc3)[C@@H](OCc3ccccc3)[C@@]2(C)OCc2ccccc2)n2ncnc(NC(c3ccccc3)(c3ccccc3)c3ccc(OC)cc3)c12. The molecule has 3 heterocycles. The number of hydrogen-bond acceptors (Lipinski definition) is 10. The summed E-state index contributed by atoms with van der Waals surface area (Å²) in [5.74, 6) is 0.520. The molecule has 66 heavy (non-hydrogen) atoms. The van der Waals surface area contributed by atoms with Crippen molar-refractivity contribution >= 4 is 17.3 Å². The summed E-state index contributed by atoms with van der Waals surface area (Å²) in [6, 6.07) is 60.0. The second-order valence-electron chi connectivity index (χ2n) is 16.4. The van der Waals surface area contributed by atoms with Crippen LogP contribution in [0, 0.1) is 0 Å². The standard InChI is InChI=1S/C55H52N4O7/c1-54(65-36-41-23-13-6-14-24-41)50(66-48(37-63-34-39-19-9-4-10-20-39)51(54)64-35-40-21-11-5-12-22-40)47-33-46(53(60)62-3)49-52(56-38-57-59(47)49)58-55(42-25-15-7-16-26-42,43-27-17-8-18-28-43)44-29-31-45(61-2)32-30-44/h4-33,38,48,50-51H,34-37H2,1-3H3,(H,56,57,58)/t48-,50+,51-,54+/m1/s1. The lowest BCUT2D eigenvalue weighted by atomic mass is 9.77. The Kier molecular flexibility index (Phi) is 13.3. The van der Waals surface area contributed by atoms with Crippen LogP contribution in [0.1, 0.15) is 62.5 Å². The van der Waals surface area contributed by atoms with Gasteiger partial charge in [0.1, 0.15) is 47.0 Å². The number of anilines is 1. The average molecular weight is 881 g/mol. The van der Waals surface area contributed by atoms with Crippen molar-refractivity contribution in [3.63, 3.8) is 0 Å². The molecule has 0 unspecified atom stereocenters. The molecule has 1 fully saturated rings. The lowest BCUT2D eigenvalue weighted by molar-refractivity contribution is -0.148. The summed E-state index contributed by atoms with van der Waals surface area (Å²) in [4.78, 5) is 19.0. The molecule has 8 aromatic rings. The van der Waals surface area contributed by atoms with Crippen LogP contribution in [0.15, 0.2) is 188 Å². The van der Waals surface area contributed by atoms with Crippen molar-refractivity contribution in [3.8, 4) is 5.75 Å². The van der Waals surface area contributed by atoms with Gasteiger partial charge in [0.15, 0.2) is 5.82 Å². The van der Waals surface area contributed by atoms with Crippen LogP contribution in [0.5, 0.6) is 5.75 Å². The van der Waals surface area contributed by atoms with E-state index < -0.39 is 35.4 Å². The molecule has 0 amide bonds. The Bertz CT molecular complexity index is 2770. The average Bonchev–Trinajstić information content (AvgIpc) is 3.90. The van der Waals surface area contributed by atoms with Gasteiger partial charge in [0.25, 0.3) is 0 Å². The zero-order chi connectivity index (χ0) is 45.4. The number of carbonyl (C=O) groups is 1. The zero-order valence-electron chi connectivity index (χ0n) is 37.2. The van der Waals surface area contributed by atoms with Crippen molar-refractivity contribution < 1.29 is 33.2 Å². The number of carbonyl (C=O) groups excluding carboxylic acids is 1. The van der Waals surface area contributed by atoms with E-state index in [0.29, 0.717) is 36.0 Å². The van der Waals surface area contributed by atoms with E-state index in [1.54, 1.807) is 17.7 Å². The minimum Gasteiger partial charge on any atom is -0.497 e. The summed E-state index contributed by atoms with van der Waals surface area (Å²) in [5, 5.41) is 8.73. The van der Waals surface area contributed by atoms with Crippen molar-refractivity contribution in [2.75, 3.05) is 26.1 Å². The second kappa shape index (κ2) is 19.9. The number of nitrogens with one attached hydrogen (secondary N) is 1. The monoisotopic (exact) mass is 880 g/mol. The molecular formula is C55H52N4O7. The van der Waals surface area contributed by atoms with Crippen LogP contribution in [0.4, 0.5) is 5.82 Å². The fourth-order valence-corrected chi connectivity index (χ4v) is 8.99. The first-order valence-electron chi connectivity index (χ1n) is 22.0. The van der Waals surface area contributed by atoms with Gasteiger partial charge < -0.3 is 33.7 Å². The Hall–Kier alpha value is -7.15. The quantitative estimate of drug-likeness (QED) is 0.0660. The predicted molar refractivity (Wildman–Crippen MR) is 252 cm³/mol. The maximum atomic E-state index is 14.1. The van der Waals surface area contributed by atoms with Gasteiger partial charge in [-0.25, -0.2) is 14.3 Å². The third-order valence-electron chi connectivity index (χ3n) is 12.3. The lowest BCUT2D eigenvalue weighted by Gasteiger charge is -2.37. The highest BCUT2D eigenvalue weighted by atomic mass is 16.6. The minimum atomic E-state index is -1.16. The van der Waals surface area contributed by atoms with Crippen LogP contribution >= 0.6 is 0 Å². The molecule has 6 aromatic carbocycles. The Morgan fingerprint density at radius 3 is 1.79 bits per heavy atom. The maximum absolute atomic E-state index is 14.1. The van der Waals surface area contributed by atoms with E-state index in [-0.39, 0.29) is 18.8 Å². The van der Waals surface area contributed by atoms with Gasteiger partial charge in [-0.05, 0) is 58.5 Å². The highest BCUT2D eigenvalue weighted by Crippen LogP contribution is 2.48. The van der Waals surface area contributed by atoms with E-state index in [4.69, 9.17) is 38.5 Å². The van der Waals surface area contributed by atoms with Gasteiger partial charge in [-0.15, -0.1) is 0 Å². The number of fused-ring (bicyclic) bond motifs is 1. The fraction of sp³-hybridized carbons (Fsp3) is 0.218. The summed E-state index contributed by atoms with van der Waals surface area (Å²) in [7, 11) is 3.01. The highest BCUT2D eigenvalue weighted by molar-refractivity contribution is 6.01. The molecule has 334 valence electrons. The number of rotatable bonds is 18. The van der Waals surface area contributed by atoms with Gasteiger partial charge in [-0.1, -0.05) is 164 Å². The first-order chi connectivity index (χ1) is 32.4. The summed E-state index contributed by atoms with van der Waals surface area (Å²) in [6.45, 7) is 3.13. The molecule has 1 N–H and O–H groups in total. The minimum absolute atomic E-state index is 0.197. The van der Waals surface area contributed by atoms with Crippen LogP contribution in [-0.4, -0.2) is 59.2 Å². The van der Waals surface area contributed by atoms with Crippen LogP contribution < -0.4 is 10.1 Å². The van der Waals surface area contributed by atoms with Gasteiger partial charge in [-0.2, -0.15) is 5.10 Å². The van der Waals surface area contributed by atoms with Gasteiger partial charge in [0.05, 0.1) is 51.9 Å². The molecule has 1 saturated heterocycles. The largest absolute Gasteiger partial charge is 0.497 e. The topological polar surface area (TPSA) is 115 Å². The van der Waals surface area contributed by atoms with Gasteiger partial charge in [-0.3, -0.25) is 0 Å². The Labute approximate surface area is 384 Å². The first kappa shape index (κ1) is 44.1. The van der Waals surface area contributed by atoms with Gasteiger partial charge in [0, 0.05) is 0 Å². The fourth-order valence-electron chi connectivity index (χ4n) is 8.99. The Morgan fingerprint density at radius 2 is 1.23 bits per heavy atom. The molecule has 0 spiro atoms. The first-order valence-corrected chi connectivity index (χ1v) is 22.0. The van der Waals surface area contributed by atoms with E-state index in [2.05, 4.69) is 29.6 Å². The number of methoxy groups -OCH3 is 2. The smallest absolute Gasteiger partial charge is 0.340 e. The van der Waals surface area contributed by atoms with Crippen molar-refractivity contribution in [1.82, 2.24) is 14.6 Å². The highest BCUT2D eigenvalue weighted by Gasteiger charge is 2.57. The van der Waals surface area contributed by atoms with Crippen LogP contribution in [-0.2, 0) is 49.0 Å². The molecule has 9 rings (SSSR count). The predicted octanol–water partition coefficient (Wildman–Crippen LogP) is 10.1. The molecule has 11 heteroatoms. The van der Waals surface area contributed by atoms with Crippen LogP contribution in [0.25, 0.3) is 5.52 Å². The second-order valence-corrected chi connectivity index (χ2v) is 16.4. The van der Waals surface area contributed by atoms with Crippen LogP contribution in [0.3, 0.4) is 0 Å². The molecule has 11 nitrogen and oxygen atoms in total. The third kappa shape index (κ3) is 8.94. The molecule has 2 aromatic heterocycles. The number of aromatic nitrogens is 3. The van der Waals surface area contributed by atoms with E-state index in [1.807, 2.05) is 159 Å². The van der Waals surface area contributed by atoms with E-state index in [9.17, 15) is 4.79 Å². The molecular weight excluding hydrogens is 829 g/mol. The molecule has 0 aliphatic carbocycles. The zero-order valence-corrected chi connectivity index (χ0v) is 37.2. The molecule has 0 radical (unpaired) electrons. The van der Waals surface area contributed by atoms with E-state index in [1.165, 1.54) is 13.4 Å². The summed E-state index contributed by atoms with van der Waals surface area (Å²) in [5.41, 5.74) is 4.75. The van der Waals surface area contributed by atoms with E-state index >= 15 is 0 Å².